The van der Waals surface area contributed by atoms with E-state index in [1.807, 2.05) is 6.07 Å². The topological polar surface area (TPSA) is 85.8 Å². The number of rotatable bonds is 6. The SMILES string of the molecule is O=C(CCc1ccc(-c2ccccc2F)o1)Nc1cccc(-n2cnnn2)c1. The predicted octanol–water partition coefficient (Wildman–Crippen LogP) is 3.63. The number of carbonyl (C=O) groups excluding carboxylic acids is 1. The van der Waals surface area contributed by atoms with Crippen LogP contribution in [0.25, 0.3) is 17.0 Å². The number of aromatic nitrogens is 4. The van der Waals surface area contributed by atoms with Crippen molar-refractivity contribution >= 4 is 11.6 Å². The average molecular weight is 377 g/mol. The van der Waals surface area contributed by atoms with E-state index in [1.54, 1.807) is 48.5 Å². The van der Waals surface area contributed by atoms with Crippen molar-refractivity contribution in [2.24, 2.45) is 0 Å². The Labute approximate surface area is 159 Å². The number of benzene rings is 2. The zero-order chi connectivity index (χ0) is 19.3. The van der Waals surface area contributed by atoms with Gasteiger partial charge in [0.25, 0.3) is 0 Å². The Morgan fingerprint density at radius 2 is 2.00 bits per heavy atom. The quantitative estimate of drug-likeness (QED) is 0.554. The number of hydrogen-bond donors (Lipinski definition) is 1. The molecular weight excluding hydrogens is 361 g/mol. The molecule has 0 fully saturated rings. The number of nitrogens with zero attached hydrogens (tertiary/aromatic N) is 4. The fourth-order valence-electron chi connectivity index (χ4n) is 2.78. The fraction of sp³-hybridized carbons (Fsp3) is 0.100. The Balaban J connectivity index is 1.37. The molecule has 0 aliphatic rings. The number of halogens is 1. The van der Waals surface area contributed by atoms with Crippen LogP contribution >= 0.6 is 0 Å². The molecule has 1 amide bonds. The molecule has 2 aromatic carbocycles. The maximum Gasteiger partial charge on any atom is 0.224 e. The van der Waals surface area contributed by atoms with Crippen LogP contribution in [0.5, 0.6) is 0 Å². The third kappa shape index (κ3) is 3.96. The first-order valence-corrected chi connectivity index (χ1v) is 8.66. The molecule has 0 atom stereocenters. The summed E-state index contributed by atoms with van der Waals surface area (Å²) in [5, 5.41) is 13.8. The summed E-state index contributed by atoms with van der Waals surface area (Å²) in [7, 11) is 0. The van der Waals surface area contributed by atoms with Crippen LogP contribution < -0.4 is 5.32 Å². The minimum Gasteiger partial charge on any atom is -0.461 e. The molecule has 0 spiro atoms. The highest BCUT2D eigenvalue weighted by Gasteiger charge is 2.11. The van der Waals surface area contributed by atoms with E-state index in [-0.39, 0.29) is 18.1 Å². The Hall–Kier alpha value is -3.81. The Morgan fingerprint density at radius 3 is 2.82 bits per heavy atom. The average Bonchev–Trinajstić information content (AvgIpc) is 3.39. The van der Waals surface area contributed by atoms with Crippen LogP contribution in [0.15, 0.2) is 71.4 Å². The van der Waals surface area contributed by atoms with Gasteiger partial charge in [-0.15, -0.1) is 5.10 Å². The second kappa shape index (κ2) is 7.83. The number of hydrogen-bond acceptors (Lipinski definition) is 5. The van der Waals surface area contributed by atoms with Crippen molar-refractivity contribution in [1.82, 2.24) is 20.2 Å². The molecular formula is C20H16FN5O2. The van der Waals surface area contributed by atoms with Crippen LogP contribution in [0.1, 0.15) is 12.2 Å². The minimum absolute atomic E-state index is 0.155. The minimum atomic E-state index is -0.344. The summed E-state index contributed by atoms with van der Waals surface area (Å²) < 4.78 is 21.0. The van der Waals surface area contributed by atoms with Crippen LogP contribution in [-0.4, -0.2) is 26.1 Å². The summed E-state index contributed by atoms with van der Waals surface area (Å²) in [4.78, 5) is 12.3. The molecule has 0 aliphatic heterocycles. The lowest BCUT2D eigenvalue weighted by Gasteiger charge is -2.06. The van der Waals surface area contributed by atoms with Crippen molar-refractivity contribution in [3.8, 4) is 17.0 Å². The van der Waals surface area contributed by atoms with Gasteiger partial charge in [-0.05, 0) is 52.9 Å². The lowest BCUT2D eigenvalue weighted by molar-refractivity contribution is -0.116. The Morgan fingerprint density at radius 1 is 1.11 bits per heavy atom. The van der Waals surface area contributed by atoms with Gasteiger partial charge in [-0.1, -0.05) is 18.2 Å². The monoisotopic (exact) mass is 377 g/mol. The second-order valence-corrected chi connectivity index (χ2v) is 6.10. The van der Waals surface area contributed by atoms with E-state index < -0.39 is 0 Å². The molecule has 140 valence electrons. The normalized spacial score (nSPS) is 10.8. The van der Waals surface area contributed by atoms with E-state index in [0.29, 0.717) is 29.2 Å². The summed E-state index contributed by atoms with van der Waals surface area (Å²) >= 11 is 0. The van der Waals surface area contributed by atoms with Crippen molar-refractivity contribution in [3.05, 3.63) is 78.6 Å². The number of aryl methyl sites for hydroxylation is 1. The predicted molar refractivity (Wildman–Crippen MR) is 100 cm³/mol. The van der Waals surface area contributed by atoms with Crippen molar-refractivity contribution in [2.45, 2.75) is 12.8 Å². The number of carbonyl (C=O) groups is 1. The maximum absolute atomic E-state index is 13.8. The van der Waals surface area contributed by atoms with E-state index >= 15 is 0 Å². The lowest BCUT2D eigenvalue weighted by atomic mass is 10.1. The van der Waals surface area contributed by atoms with Crippen LogP contribution in [-0.2, 0) is 11.2 Å². The molecule has 28 heavy (non-hydrogen) atoms. The van der Waals surface area contributed by atoms with Gasteiger partial charge < -0.3 is 9.73 Å². The van der Waals surface area contributed by atoms with Gasteiger partial charge in [-0.2, -0.15) is 0 Å². The van der Waals surface area contributed by atoms with Crippen LogP contribution in [0.3, 0.4) is 0 Å². The van der Waals surface area contributed by atoms with Gasteiger partial charge in [0.15, 0.2) is 0 Å². The highest BCUT2D eigenvalue weighted by molar-refractivity contribution is 5.91. The van der Waals surface area contributed by atoms with Gasteiger partial charge >= 0.3 is 0 Å². The lowest BCUT2D eigenvalue weighted by Crippen LogP contribution is -2.12. The summed E-state index contributed by atoms with van der Waals surface area (Å²) in [6.45, 7) is 0. The zero-order valence-corrected chi connectivity index (χ0v) is 14.7. The maximum atomic E-state index is 13.8. The first-order valence-electron chi connectivity index (χ1n) is 8.66. The smallest absolute Gasteiger partial charge is 0.224 e. The molecule has 7 nitrogen and oxygen atoms in total. The molecule has 8 heteroatoms. The van der Waals surface area contributed by atoms with Gasteiger partial charge in [0.2, 0.25) is 5.91 Å². The molecule has 2 heterocycles. The summed E-state index contributed by atoms with van der Waals surface area (Å²) in [6, 6.07) is 17.1. The number of amides is 1. The van der Waals surface area contributed by atoms with Crippen molar-refractivity contribution in [1.29, 1.82) is 0 Å². The number of anilines is 1. The Kier molecular flexibility index (Phi) is 4.92. The van der Waals surface area contributed by atoms with Gasteiger partial charge in [-0.3, -0.25) is 4.79 Å². The highest BCUT2D eigenvalue weighted by atomic mass is 19.1. The Bertz CT molecular complexity index is 1090. The third-order valence-electron chi connectivity index (χ3n) is 4.14. The number of tetrazole rings is 1. The molecule has 4 rings (SSSR count). The zero-order valence-electron chi connectivity index (χ0n) is 14.7. The first-order chi connectivity index (χ1) is 13.7. The molecule has 1 N–H and O–H groups in total. The van der Waals surface area contributed by atoms with E-state index in [4.69, 9.17) is 4.42 Å². The van der Waals surface area contributed by atoms with Crippen LogP contribution in [0.4, 0.5) is 10.1 Å². The van der Waals surface area contributed by atoms with E-state index in [9.17, 15) is 9.18 Å². The van der Waals surface area contributed by atoms with Crippen molar-refractivity contribution in [3.63, 3.8) is 0 Å². The second-order valence-electron chi connectivity index (χ2n) is 6.10. The largest absolute Gasteiger partial charge is 0.461 e. The van der Waals surface area contributed by atoms with Gasteiger partial charge in [0.05, 0.1) is 11.3 Å². The third-order valence-corrected chi connectivity index (χ3v) is 4.14. The van der Waals surface area contributed by atoms with E-state index in [1.165, 1.54) is 17.1 Å². The van der Waals surface area contributed by atoms with E-state index in [2.05, 4.69) is 20.8 Å². The summed E-state index contributed by atoms with van der Waals surface area (Å²) in [5.41, 5.74) is 1.78. The van der Waals surface area contributed by atoms with E-state index in [0.717, 1.165) is 5.69 Å². The summed E-state index contributed by atoms with van der Waals surface area (Å²) in [5.74, 6) is 0.569. The molecule has 0 bridgehead atoms. The summed E-state index contributed by atoms with van der Waals surface area (Å²) in [6.07, 6.45) is 2.12. The van der Waals surface area contributed by atoms with Gasteiger partial charge in [-0.25, -0.2) is 9.07 Å². The highest BCUT2D eigenvalue weighted by Crippen LogP contribution is 2.25. The van der Waals surface area contributed by atoms with Crippen molar-refractivity contribution in [2.75, 3.05) is 5.32 Å². The molecule has 0 unspecified atom stereocenters. The number of furan rings is 1. The molecule has 0 radical (unpaired) electrons. The molecule has 0 aliphatic carbocycles. The molecule has 2 aromatic heterocycles. The first kappa shape index (κ1) is 17.6. The van der Waals surface area contributed by atoms with Gasteiger partial charge in [0, 0.05) is 18.5 Å². The van der Waals surface area contributed by atoms with Crippen LogP contribution in [0, 0.1) is 5.82 Å². The number of nitrogens with one attached hydrogen (secondary N) is 1. The van der Waals surface area contributed by atoms with Crippen molar-refractivity contribution < 1.29 is 13.6 Å². The fourth-order valence-corrected chi connectivity index (χ4v) is 2.78. The molecule has 0 saturated carbocycles. The molecule has 0 saturated heterocycles. The molecule has 4 aromatic rings. The van der Waals surface area contributed by atoms with Gasteiger partial charge in [0.1, 0.15) is 23.7 Å². The standard InChI is InChI=1S/C20H16FN5O2/c21-18-7-2-1-6-17(18)19-10-8-16(28-19)9-11-20(27)23-14-4-3-5-15(12-14)26-13-22-24-25-26/h1-8,10,12-13H,9,11H2,(H,23,27). The van der Waals surface area contributed by atoms with Crippen LogP contribution in [0.2, 0.25) is 0 Å².